The van der Waals surface area contributed by atoms with Crippen molar-refractivity contribution in [3.63, 3.8) is 0 Å². The third-order valence-corrected chi connectivity index (χ3v) is 22.8. The van der Waals surface area contributed by atoms with Crippen LogP contribution in [0.1, 0.15) is 107 Å². The lowest BCUT2D eigenvalue weighted by molar-refractivity contribution is -0.105. The molecule has 3 nitrogen and oxygen atoms in total. The molecule has 5 heteroatoms. The van der Waals surface area contributed by atoms with Crippen LogP contribution in [0, 0.1) is 34.5 Å². The Morgan fingerprint density at radius 2 is 1.45 bits per heavy atom. The van der Waals surface area contributed by atoms with Crippen LogP contribution in [0.5, 0.6) is 0 Å². The molecule has 220 valence electrons. The molecule has 0 aromatic carbocycles. The highest BCUT2D eigenvalue weighted by Crippen LogP contribution is 2.67. The zero-order valence-electron chi connectivity index (χ0n) is 26.6. The quantitative estimate of drug-likeness (QED) is 0.201. The second kappa shape index (κ2) is 11.7. The lowest BCUT2D eigenvalue weighted by Gasteiger charge is -2.61. The molecule has 0 bridgehead atoms. The van der Waals surface area contributed by atoms with E-state index in [4.69, 9.17) is 8.85 Å². The van der Waals surface area contributed by atoms with Gasteiger partial charge in [0.2, 0.25) is 0 Å². The van der Waals surface area contributed by atoms with E-state index in [2.05, 4.69) is 61.5 Å². The minimum Gasteiger partial charge on any atom is -0.414 e. The topological polar surface area (TPSA) is 38.7 Å². The van der Waals surface area contributed by atoms with Crippen molar-refractivity contribution in [1.82, 2.24) is 0 Å². The van der Waals surface area contributed by atoms with Gasteiger partial charge < -0.3 is 14.0 Å². The second-order valence-corrected chi connectivity index (χ2v) is 23.8. The first-order chi connectivity index (χ1) is 18.0. The van der Waals surface area contributed by atoms with Gasteiger partial charge in [-0.05, 0) is 117 Å². The Labute approximate surface area is 238 Å². The zero-order chi connectivity index (χ0) is 27.9. The molecule has 0 radical (unpaired) electrons. The maximum atomic E-state index is 10.7. The summed E-state index contributed by atoms with van der Waals surface area (Å²) in [6, 6.07) is 7.35. The Morgan fingerprint density at radius 1 is 0.868 bits per heavy atom. The number of hydrogen-bond donors (Lipinski definition) is 1. The predicted octanol–water partition coefficient (Wildman–Crippen LogP) is 9.34. The van der Waals surface area contributed by atoms with E-state index in [0.29, 0.717) is 29.5 Å². The maximum absolute atomic E-state index is 10.7. The van der Waals surface area contributed by atoms with Crippen LogP contribution in [-0.2, 0) is 8.85 Å². The van der Waals surface area contributed by atoms with E-state index in [1.54, 1.807) is 5.57 Å². The SMILES string of the molecule is CC[Si](CC)(CC)O[C@@H]1CC2=CC[C@H]3[C@@H]4CC[C@H](C(C)O)[C@@]4(C)CC[C@@H]3[C@@]2(C)[C@@H](O[Si](CC)(CC)CC)C1. The van der Waals surface area contributed by atoms with Crippen LogP contribution in [0.25, 0.3) is 0 Å². The molecule has 0 saturated heterocycles. The lowest BCUT2D eigenvalue weighted by Crippen LogP contribution is -2.59. The molecule has 4 aliphatic rings. The number of allylic oxidation sites excluding steroid dienone is 1. The molecule has 38 heavy (non-hydrogen) atoms. The van der Waals surface area contributed by atoms with Crippen LogP contribution in [0.15, 0.2) is 11.6 Å². The summed E-state index contributed by atoms with van der Waals surface area (Å²) in [6.45, 7) is 21.5. The van der Waals surface area contributed by atoms with Crippen LogP contribution in [-0.4, -0.2) is 40.1 Å². The smallest absolute Gasteiger partial charge is 0.192 e. The van der Waals surface area contributed by atoms with Gasteiger partial charge in [-0.25, -0.2) is 0 Å². The molecule has 0 aromatic rings. The van der Waals surface area contributed by atoms with E-state index in [1.165, 1.54) is 68.4 Å². The first-order valence-corrected chi connectivity index (χ1v) is 21.8. The molecular formula is C33H62O3Si2. The van der Waals surface area contributed by atoms with Crippen LogP contribution in [0.4, 0.5) is 0 Å². The number of rotatable bonds is 11. The Kier molecular flexibility index (Phi) is 9.58. The van der Waals surface area contributed by atoms with Crippen LogP contribution >= 0.6 is 0 Å². The maximum Gasteiger partial charge on any atom is 0.192 e. The summed E-state index contributed by atoms with van der Waals surface area (Å²) in [5.41, 5.74) is 2.13. The molecule has 3 saturated carbocycles. The minimum atomic E-state index is -1.77. The van der Waals surface area contributed by atoms with E-state index < -0.39 is 16.6 Å². The van der Waals surface area contributed by atoms with Crippen LogP contribution < -0.4 is 0 Å². The first kappa shape index (κ1) is 31.0. The van der Waals surface area contributed by atoms with E-state index in [0.717, 1.165) is 24.7 Å². The Bertz CT molecular complexity index is 818. The monoisotopic (exact) mass is 562 g/mol. The molecule has 1 unspecified atom stereocenters. The summed E-state index contributed by atoms with van der Waals surface area (Å²) in [7, 11) is -3.44. The molecule has 1 N–H and O–H groups in total. The van der Waals surface area contributed by atoms with Gasteiger partial charge in [-0.2, -0.15) is 0 Å². The molecular weight excluding hydrogens is 501 g/mol. The largest absolute Gasteiger partial charge is 0.414 e. The van der Waals surface area contributed by atoms with E-state index >= 15 is 0 Å². The third-order valence-electron chi connectivity index (χ3n) is 13.5. The molecule has 3 fully saturated rings. The lowest BCUT2D eigenvalue weighted by atomic mass is 9.46. The summed E-state index contributed by atoms with van der Waals surface area (Å²) in [5.74, 6) is 2.67. The summed E-state index contributed by atoms with van der Waals surface area (Å²) in [5, 5.41) is 10.7. The standard InChI is InChI=1S/C33H62O3Si2/c1-10-37(11-2,12-3)35-26-22-25-16-17-27-29-19-18-28(24(7)34)32(29,8)21-20-30(27)33(25,9)31(23-26)36-38(13-4,14-5)15-6/h16,24,26-31,34H,10-15,17-23H2,1-9H3/t24?,26-,27+,28-,29+,30+,31+,32-,33+/m1/s1. The number of fused-ring (bicyclic) bond motifs is 5. The fourth-order valence-electron chi connectivity index (χ4n) is 10.4. The van der Waals surface area contributed by atoms with Crippen molar-refractivity contribution in [2.45, 2.75) is 162 Å². The van der Waals surface area contributed by atoms with Crippen LogP contribution in [0.2, 0.25) is 36.3 Å². The summed E-state index contributed by atoms with van der Waals surface area (Å²) < 4.78 is 14.8. The fourth-order valence-corrected chi connectivity index (χ4v) is 16.2. The van der Waals surface area contributed by atoms with Crippen molar-refractivity contribution in [2.75, 3.05) is 0 Å². The van der Waals surface area contributed by atoms with Gasteiger partial charge >= 0.3 is 0 Å². The molecule has 0 amide bonds. The van der Waals surface area contributed by atoms with E-state index in [9.17, 15) is 5.11 Å². The normalized spacial score (nSPS) is 40.2. The molecule has 0 aliphatic heterocycles. The van der Waals surface area contributed by atoms with E-state index in [-0.39, 0.29) is 11.5 Å². The summed E-state index contributed by atoms with van der Waals surface area (Å²) >= 11 is 0. The van der Waals surface area contributed by atoms with Gasteiger partial charge in [0.05, 0.1) is 18.3 Å². The molecule has 9 atom stereocenters. The van der Waals surface area contributed by atoms with Gasteiger partial charge in [-0.1, -0.05) is 67.0 Å². The number of hydrogen-bond acceptors (Lipinski definition) is 3. The number of aliphatic hydroxyl groups is 1. The average molecular weight is 563 g/mol. The summed E-state index contributed by atoms with van der Waals surface area (Å²) in [6.07, 6.45) is 11.7. The van der Waals surface area contributed by atoms with Gasteiger partial charge in [0.15, 0.2) is 16.6 Å². The highest BCUT2D eigenvalue weighted by Gasteiger charge is 2.62. The summed E-state index contributed by atoms with van der Waals surface area (Å²) in [4.78, 5) is 0. The third kappa shape index (κ3) is 5.01. The molecule has 4 aliphatic carbocycles. The predicted molar refractivity (Wildman–Crippen MR) is 166 cm³/mol. The average Bonchev–Trinajstić information content (AvgIpc) is 3.28. The van der Waals surface area contributed by atoms with Gasteiger partial charge in [0, 0.05) is 5.41 Å². The molecule has 0 heterocycles. The molecule has 0 aromatic heterocycles. The van der Waals surface area contributed by atoms with Crippen LogP contribution in [0.3, 0.4) is 0 Å². The van der Waals surface area contributed by atoms with Crippen molar-refractivity contribution in [2.24, 2.45) is 34.5 Å². The second-order valence-electron chi connectivity index (χ2n) is 14.4. The fraction of sp³-hybridized carbons (Fsp3) is 0.939. The van der Waals surface area contributed by atoms with Gasteiger partial charge in [0.25, 0.3) is 0 Å². The van der Waals surface area contributed by atoms with Gasteiger partial charge in [0.1, 0.15) is 0 Å². The van der Waals surface area contributed by atoms with Crippen molar-refractivity contribution in [3.05, 3.63) is 11.6 Å². The Morgan fingerprint density at radius 3 is 2.00 bits per heavy atom. The van der Waals surface area contributed by atoms with Crippen molar-refractivity contribution >= 4 is 16.6 Å². The Hall–Kier alpha value is 0.0538. The van der Waals surface area contributed by atoms with Crippen molar-refractivity contribution in [1.29, 1.82) is 0 Å². The molecule has 0 spiro atoms. The highest BCUT2D eigenvalue weighted by molar-refractivity contribution is 6.74. The van der Waals surface area contributed by atoms with Gasteiger partial charge in [-0.15, -0.1) is 0 Å². The van der Waals surface area contributed by atoms with Crippen molar-refractivity contribution in [3.8, 4) is 0 Å². The van der Waals surface area contributed by atoms with Crippen molar-refractivity contribution < 1.29 is 14.0 Å². The zero-order valence-corrected chi connectivity index (χ0v) is 28.6. The Balaban J connectivity index is 1.71. The first-order valence-electron chi connectivity index (χ1n) is 16.7. The van der Waals surface area contributed by atoms with Gasteiger partial charge in [-0.3, -0.25) is 0 Å². The number of aliphatic hydroxyl groups excluding tert-OH is 1. The highest BCUT2D eigenvalue weighted by atomic mass is 28.4. The minimum absolute atomic E-state index is 0.139. The van der Waals surface area contributed by atoms with E-state index in [1.807, 2.05) is 6.92 Å². The molecule has 4 rings (SSSR count).